The van der Waals surface area contributed by atoms with E-state index in [1.165, 1.54) is 6.33 Å². The Kier molecular flexibility index (Phi) is 2.78. The molecule has 0 spiro atoms. The summed E-state index contributed by atoms with van der Waals surface area (Å²) in [4.78, 5) is 11.8. The monoisotopic (exact) mass is 221 g/mol. The minimum Gasteiger partial charge on any atom is -0.437 e. The van der Waals surface area contributed by atoms with Crippen LogP contribution in [0.1, 0.15) is 5.69 Å². The van der Waals surface area contributed by atoms with E-state index in [1.54, 1.807) is 12.3 Å². The van der Waals surface area contributed by atoms with Gasteiger partial charge in [-0.15, -0.1) is 0 Å². The molecule has 2 aromatic heterocycles. The van der Waals surface area contributed by atoms with Gasteiger partial charge < -0.3 is 4.74 Å². The highest BCUT2D eigenvalue weighted by Gasteiger charge is 1.99. The van der Waals surface area contributed by atoms with Crippen LogP contribution in [0.2, 0.25) is 5.15 Å². The lowest BCUT2D eigenvalue weighted by Gasteiger charge is -2.03. The molecule has 0 saturated carbocycles. The maximum absolute atomic E-state index is 5.69. The number of halogens is 1. The predicted octanol–water partition coefficient (Wildman–Crippen LogP) is 2.63. The van der Waals surface area contributed by atoms with E-state index in [9.17, 15) is 0 Å². The van der Waals surface area contributed by atoms with Crippen molar-refractivity contribution in [1.29, 1.82) is 0 Å². The van der Waals surface area contributed by atoms with Crippen LogP contribution in [0.25, 0.3) is 0 Å². The summed E-state index contributed by atoms with van der Waals surface area (Å²) in [5, 5.41) is 0.347. The van der Waals surface area contributed by atoms with E-state index in [4.69, 9.17) is 16.3 Å². The number of ether oxygens (including phenoxy) is 1. The van der Waals surface area contributed by atoms with Gasteiger partial charge in [-0.3, -0.25) is 4.98 Å². The van der Waals surface area contributed by atoms with Crippen molar-refractivity contribution < 1.29 is 4.74 Å². The molecular weight excluding hydrogens is 214 g/mol. The molecule has 4 nitrogen and oxygen atoms in total. The second kappa shape index (κ2) is 4.23. The van der Waals surface area contributed by atoms with Gasteiger partial charge in [0.1, 0.15) is 17.2 Å². The number of hydrogen-bond donors (Lipinski definition) is 0. The molecule has 76 valence electrons. The van der Waals surface area contributed by atoms with Crippen LogP contribution in [0.4, 0.5) is 0 Å². The lowest BCUT2D eigenvalue weighted by molar-refractivity contribution is 0.459. The van der Waals surface area contributed by atoms with Crippen molar-refractivity contribution in [3.05, 3.63) is 41.6 Å². The van der Waals surface area contributed by atoms with Crippen LogP contribution in [-0.4, -0.2) is 15.0 Å². The van der Waals surface area contributed by atoms with E-state index >= 15 is 0 Å². The highest BCUT2D eigenvalue weighted by molar-refractivity contribution is 6.29. The maximum Gasteiger partial charge on any atom is 0.223 e. The van der Waals surface area contributed by atoms with Crippen LogP contribution in [0.3, 0.4) is 0 Å². The molecule has 0 amide bonds. The first-order chi connectivity index (χ1) is 7.24. The first-order valence-corrected chi connectivity index (χ1v) is 4.70. The minimum atomic E-state index is 0.347. The topological polar surface area (TPSA) is 47.9 Å². The van der Waals surface area contributed by atoms with Crippen molar-refractivity contribution >= 4 is 11.6 Å². The van der Waals surface area contributed by atoms with Gasteiger partial charge in [0.05, 0.1) is 6.20 Å². The molecule has 0 aromatic carbocycles. The summed E-state index contributed by atoms with van der Waals surface area (Å²) in [6.07, 6.45) is 2.98. The largest absolute Gasteiger partial charge is 0.437 e. The Morgan fingerprint density at radius 2 is 2.07 bits per heavy atom. The standard InChI is InChI=1S/C10H8ClN3O/c1-7-2-3-8(5-12-7)15-10-4-9(11)13-6-14-10/h2-6H,1H3. The Labute approximate surface area is 91.9 Å². The van der Waals surface area contributed by atoms with Gasteiger partial charge in [-0.25, -0.2) is 9.97 Å². The maximum atomic E-state index is 5.69. The van der Waals surface area contributed by atoms with Gasteiger partial charge in [0.25, 0.3) is 0 Å². The van der Waals surface area contributed by atoms with Gasteiger partial charge in [0.15, 0.2) is 0 Å². The summed E-state index contributed by atoms with van der Waals surface area (Å²) < 4.78 is 5.42. The van der Waals surface area contributed by atoms with E-state index in [-0.39, 0.29) is 0 Å². The fourth-order valence-electron chi connectivity index (χ4n) is 1.01. The first kappa shape index (κ1) is 9.86. The predicted molar refractivity (Wildman–Crippen MR) is 56.1 cm³/mol. The smallest absolute Gasteiger partial charge is 0.223 e. The number of aryl methyl sites for hydroxylation is 1. The molecular formula is C10H8ClN3O. The van der Waals surface area contributed by atoms with Gasteiger partial charge in [-0.1, -0.05) is 11.6 Å². The second-order valence-electron chi connectivity index (χ2n) is 2.92. The lowest BCUT2D eigenvalue weighted by Crippen LogP contribution is -1.90. The zero-order valence-corrected chi connectivity index (χ0v) is 8.77. The third-order valence-corrected chi connectivity index (χ3v) is 1.92. The normalized spacial score (nSPS) is 10.0. The Morgan fingerprint density at radius 3 is 2.73 bits per heavy atom. The molecule has 2 aromatic rings. The molecule has 0 aliphatic carbocycles. The molecule has 0 radical (unpaired) electrons. The summed E-state index contributed by atoms with van der Waals surface area (Å²) in [5.74, 6) is 1.02. The Bertz CT molecular complexity index is 458. The van der Waals surface area contributed by atoms with Crippen molar-refractivity contribution in [3.8, 4) is 11.6 Å². The van der Waals surface area contributed by atoms with Gasteiger partial charge in [0.2, 0.25) is 5.88 Å². The van der Waals surface area contributed by atoms with E-state index in [0.29, 0.717) is 16.8 Å². The molecule has 0 atom stereocenters. The van der Waals surface area contributed by atoms with E-state index < -0.39 is 0 Å². The molecule has 15 heavy (non-hydrogen) atoms. The first-order valence-electron chi connectivity index (χ1n) is 4.32. The van der Waals surface area contributed by atoms with Gasteiger partial charge >= 0.3 is 0 Å². The molecule has 5 heteroatoms. The van der Waals surface area contributed by atoms with Crippen molar-refractivity contribution in [3.63, 3.8) is 0 Å². The third kappa shape index (κ3) is 2.63. The summed E-state index contributed by atoms with van der Waals surface area (Å²) >= 11 is 5.69. The fraction of sp³-hybridized carbons (Fsp3) is 0.100. The number of rotatable bonds is 2. The number of aromatic nitrogens is 3. The van der Waals surface area contributed by atoms with Crippen LogP contribution in [-0.2, 0) is 0 Å². The van der Waals surface area contributed by atoms with Gasteiger partial charge in [-0.05, 0) is 19.1 Å². The minimum absolute atomic E-state index is 0.347. The molecule has 0 aliphatic rings. The van der Waals surface area contributed by atoms with Crippen molar-refractivity contribution in [2.75, 3.05) is 0 Å². The SMILES string of the molecule is Cc1ccc(Oc2cc(Cl)ncn2)cn1. The summed E-state index contributed by atoms with van der Waals surface area (Å²) in [7, 11) is 0. The highest BCUT2D eigenvalue weighted by Crippen LogP contribution is 2.19. The summed E-state index contributed by atoms with van der Waals surface area (Å²) in [6, 6.07) is 5.22. The quantitative estimate of drug-likeness (QED) is 0.732. The molecule has 0 bridgehead atoms. The fourth-order valence-corrected chi connectivity index (χ4v) is 1.15. The lowest BCUT2D eigenvalue weighted by atomic mass is 10.4. The van der Waals surface area contributed by atoms with Crippen LogP contribution < -0.4 is 4.74 Å². The Morgan fingerprint density at radius 1 is 1.20 bits per heavy atom. The zero-order chi connectivity index (χ0) is 10.7. The van der Waals surface area contributed by atoms with Crippen LogP contribution in [0.15, 0.2) is 30.7 Å². The number of hydrogen-bond acceptors (Lipinski definition) is 4. The third-order valence-electron chi connectivity index (χ3n) is 1.72. The molecule has 0 fully saturated rings. The molecule has 2 rings (SSSR count). The number of nitrogens with zero attached hydrogens (tertiary/aromatic N) is 3. The van der Waals surface area contributed by atoms with Gasteiger partial charge in [0, 0.05) is 11.8 Å². The van der Waals surface area contributed by atoms with Crippen LogP contribution in [0.5, 0.6) is 11.6 Å². The number of pyridine rings is 1. The summed E-state index contributed by atoms with van der Waals surface area (Å²) in [5.41, 5.74) is 0.933. The molecule has 0 N–H and O–H groups in total. The van der Waals surface area contributed by atoms with Crippen LogP contribution in [0, 0.1) is 6.92 Å². The zero-order valence-electron chi connectivity index (χ0n) is 8.01. The van der Waals surface area contributed by atoms with Crippen molar-refractivity contribution in [1.82, 2.24) is 15.0 Å². The molecule has 0 aliphatic heterocycles. The average Bonchev–Trinajstić information content (AvgIpc) is 2.22. The average molecular weight is 222 g/mol. The van der Waals surface area contributed by atoms with E-state index in [1.807, 2.05) is 19.1 Å². The Balaban J connectivity index is 2.18. The summed E-state index contributed by atoms with van der Waals surface area (Å²) in [6.45, 7) is 1.91. The van der Waals surface area contributed by atoms with Crippen LogP contribution >= 0.6 is 11.6 Å². The Hall–Kier alpha value is -1.68. The van der Waals surface area contributed by atoms with E-state index in [2.05, 4.69) is 15.0 Å². The van der Waals surface area contributed by atoms with Crippen molar-refractivity contribution in [2.24, 2.45) is 0 Å². The van der Waals surface area contributed by atoms with Crippen molar-refractivity contribution in [2.45, 2.75) is 6.92 Å². The second-order valence-corrected chi connectivity index (χ2v) is 3.30. The highest BCUT2D eigenvalue weighted by atomic mass is 35.5. The molecule has 2 heterocycles. The van der Waals surface area contributed by atoms with Gasteiger partial charge in [-0.2, -0.15) is 0 Å². The molecule has 0 saturated heterocycles. The molecule has 0 unspecified atom stereocenters. The van der Waals surface area contributed by atoms with E-state index in [0.717, 1.165) is 5.69 Å².